The summed E-state index contributed by atoms with van der Waals surface area (Å²) < 4.78 is 39.3. The maximum absolute atomic E-state index is 12.8. The lowest BCUT2D eigenvalue weighted by atomic mass is 9.99. The van der Waals surface area contributed by atoms with Crippen LogP contribution in [0.3, 0.4) is 0 Å². The van der Waals surface area contributed by atoms with Gasteiger partial charge in [0.15, 0.2) is 0 Å². The maximum atomic E-state index is 12.8. The summed E-state index contributed by atoms with van der Waals surface area (Å²) in [5, 5.41) is 3.14. The van der Waals surface area contributed by atoms with Gasteiger partial charge in [0, 0.05) is 12.6 Å². The number of aromatic nitrogens is 1. The molecule has 6 heteroatoms. The van der Waals surface area contributed by atoms with Crippen molar-refractivity contribution in [2.45, 2.75) is 25.6 Å². The summed E-state index contributed by atoms with van der Waals surface area (Å²) in [4.78, 5) is 11.6. The Morgan fingerprint density at radius 1 is 1.39 bits per heavy atom. The third-order valence-electron chi connectivity index (χ3n) is 3.18. The van der Waals surface area contributed by atoms with E-state index in [2.05, 4.69) is 5.32 Å². The molecule has 100 valence electrons. The first-order chi connectivity index (χ1) is 8.48. The molecule has 0 radical (unpaired) electrons. The molecule has 18 heavy (non-hydrogen) atoms. The van der Waals surface area contributed by atoms with Crippen molar-refractivity contribution in [1.29, 1.82) is 0 Å². The molecule has 2 rings (SSSR count). The summed E-state index contributed by atoms with van der Waals surface area (Å²) in [6, 6.07) is 3.28. The Bertz CT molecular complexity index is 461. The van der Waals surface area contributed by atoms with Crippen LogP contribution in [0.25, 0.3) is 0 Å². The molecule has 0 aliphatic carbocycles. The molecule has 1 atom stereocenters. The molecule has 2 heterocycles. The normalized spacial score (nSPS) is 20.9. The summed E-state index contributed by atoms with van der Waals surface area (Å²) in [7, 11) is 0. The average molecular weight is 260 g/mol. The predicted molar refractivity (Wildman–Crippen MR) is 61.3 cm³/mol. The number of nitrogens with zero attached hydrogens (tertiary/aromatic N) is 1. The minimum atomic E-state index is -4.48. The van der Waals surface area contributed by atoms with Crippen LogP contribution in [0.2, 0.25) is 0 Å². The highest BCUT2D eigenvalue weighted by Crippen LogP contribution is 2.28. The highest BCUT2D eigenvalue weighted by molar-refractivity contribution is 5.10. The Labute approximate surface area is 103 Å². The second kappa shape index (κ2) is 5.14. The Morgan fingerprint density at radius 3 is 2.78 bits per heavy atom. The van der Waals surface area contributed by atoms with Crippen LogP contribution in [0.4, 0.5) is 13.2 Å². The van der Waals surface area contributed by atoms with E-state index in [0.29, 0.717) is 6.54 Å². The summed E-state index contributed by atoms with van der Waals surface area (Å²) >= 11 is 0. The van der Waals surface area contributed by atoms with Gasteiger partial charge in [0.25, 0.3) is 5.56 Å². The molecule has 1 saturated heterocycles. The van der Waals surface area contributed by atoms with Crippen LogP contribution < -0.4 is 10.9 Å². The van der Waals surface area contributed by atoms with Crippen molar-refractivity contribution in [3.63, 3.8) is 0 Å². The number of piperidine rings is 1. The van der Waals surface area contributed by atoms with Gasteiger partial charge in [0.2, 0.25) is 0 Å². The largest absolute Gasteiger partial charge is 0.431 e. The first-order valence-corrected chi connectivity index (χ1v) is 5.96. The Hall–Kier alpha value is -1.30. The number of pyridine rings is 1. The topological polar surface area (TPSA) is 34.0 Å². The molecule has 1 fully saturated rings. The zero-order valence-electron chi connectivity index (χ0n) is 9.83. The van der Waals surface area contributed by atoms with Crippen LogP contribution in [-0.4, -0.2) is 17.7 Å². The lowest BCUT2D eigenvalue weighted by molar-refractivity contribution is -0.144. The predicted octanol–water partition coefficient (Wildman–Crippen LogP) is 1.87. The SMILES string of the molecule is O=c1cccc(C(F)(F)F)n1CC1CCCNC1. The van der Waals surface area contributed by atoms with E-state index in [1.165, 1.54) is 6.07 Å². The van der Waals surface area contributed by atoms with Gasteiger partial charge in [-0.15, -0.1) is 0 Å². The Balaban J connectivity index is 2.28. The molecule has 0 amide bonds. The molecule has 0 saturated carbocycles. The smallest absolute Gasteiger partial charge is 0.316 e. The number of alkyl halides is 3. The van der Waals surface area contributed by atoms with Crippen molar-refractivity contribution in [3.05, 3.63) is 34.2 Å². The van der Waals surface area contributed by atoms with Crippen LogP contribution in [0.15, 0.2) is 23.0 Å². The van der Waals surface area contributed by atoms with Crippen LogP contribution in [0.1, 0.15) is 18.5 Å². The Kier molecular flexibility index (Phi) is 3.75. The van der Waals surface area contributed by atoms with Crippen molar-refractivity contribution in [2.75, 3.05) is 13.1 Å². The minimum Gasteiger partial charge on any atom is -0.316 e. The quantitative estimate of drug-likeness (QED) is 0.880. The highest BCUT2D eigenvalue weighted by atomic mass is 19.4. The standard InChI is InChI=1S/C12H15F3N2O/c13-12(14,15)10-4-1-5-11(18)17(10)8-9-3-2-6-16-7-9/h1,4-5,9,16H,2-3,6-8H2. The van der Waals surface area contributed by atoms with Gasteiger partial charge < -0.3 is 9.88 Å². The summed E-state index contributed by atoms with van der Waals surface area (Å²) in [6.07, 6.45) is -2.69. The third-order valence-corrected chi connectivity index (χ3v) is 3.18. The van der Waals surface area contributed by atoms with Gasteiger partial charge in [0.05, 0.1) is 0 Å². The molecule has 0 aromatic carbocycles. The fourth-order valence-corrected chi connectivity index (χ4v) is 2.29. The summed E-state index contributed by atoms with van der Waals surface area (Å²) in [5.41, 5.74) is -1.45. The van der Waals surface area contributed by atoms with Gasteiger partial charge in [-0.05, 0) is 37.9 Å². The second-order valence-electron chi connectivity index (χ2n) is 4.57. The monoisotopic (exact) mass is 260 g/mol. The van der Waals surface area contributed by atoms with Gasteiger partial charge in [-0.1, -0.05) is 6.07 Å². The number of hydrogen-bond acceptors (Lipinski definition) is 2. The minimum absolute atomic E-state index is 0.0833. The van der Waals surface area contributed by atoms with Crippen LogP contribution in [-0.2, 0) is 12.7 Å². The summed E-state index contributed by atoms with van der Waals surface area (Å²) in [6.45, 7) is 1.69. The highest BCUT2D eigenvalue weighted by Gasteiger charge is 2.34. The molecular formula is C12H15F3N2O. The van der Waals surface area contributed by atoms with Crippen molar-refractivity contribution >= 4 is 0 Å². The lowest BCUT2D eigenvalue weighted by Gasteiger charge is -2.25. The molecule has 3 nitrogen and oxygen atoms in total. The number of halogens is 3. The van der Waals surface area contributed by atoms with E-state index in [9.17, 15) is 18.0 Å². The van der Waals surface area contributed by atoms with E-state index in [0.717, 1.165) is 36.1 Å². The summed E-state index contributed by atoms with van der Waals surface area (Å²) in [5.74, 6) is 0.0833. The van der Waals surface area contributed by atoms with Crippen molar-refractivity contribution < 1.29 is 13.2 Å². The molecule has 1 unspecified atom stereocenters. The van der Waals surface area contributed by atoms with E-state index in [-0.39, 0.29) is 12.5 Å². The Morgan fingerprint density at radius 2 is 2.17 bits per heavy atom. The number of hydrogen-bond donors (Lipinski definition) is 1. The molecule has 1 aromatic heterocycles. The van der Waals surface area contributed by atoms with Crippen molar-refractivity contribution in [2.24, 2.45) is 5.92 Å². The van der Waals surface area contributed by atoms with Crippen LogP contribution >= 0.6 is 0 Å². The molecule has 1 N–H and O–H groups in total. The van der Waals surface area contributed by atoms with E-state index in [1.54, 1.807) is 0 Å². The zero-order valence-corrected chi connectivity index (χ0v) is 9.83. The van der Waals surface area contributed by atoms with E-state index < -0.39 is 17.4 Å². The van der Waals surface area contributed by atoms with Crippen molar-refractivity contribution in [1.82, 2.24) is 9.88 Å². The zero-order chi connectivity index (χ0) is 13.2. The van der Waals surface area contributed by atoms with Gasteiger partial charge in [-0.25, -0.2) is 0 Å². The fourth-order valence-electron chi connectivity index (χ4n) is 2.29. The van der Waals surface area contributed by atoms with Gasteiger partial charge >= 0.3 is 6.18 Å². The van der Waals surface area contributed by atoms with E-state index in [1.807, 2.05) is 0 Å². The molecular weight excluding hydrogens is 245 g/mol. The number of rotatable bonds is 2. The molecule has 1 aromatic rings. The first kappa shape index (κ1) is 13.1. The molecule has 1 aliphatic rings. The van der Waals surface area contributed by atoms with Crippen LogP contribution in [0, 0.1) is 5.92 Å². The third kappa shape index (κ3) is 2.93. The van der Waals surface area contributed by atoms with Gasteiger partial charge in [0.1, 0.15) is 5.69 Å². The lowest BCUT2D eigenvalue weighted by Crippen LogP contribution is -2.36. The first-order valence-electron chi connectivity index (χ1n) is 5.96. The van der Waals surface area contributed by atoms with E-state index >= 15 is 0 Å². The van der Waals surface area contributed by atoms with Gasteiger partial charge in [-0.3, -0.25) is 4.79 Å². The molecule has 1 aliphatic heterocycles. The number of nitrogens with one attached hydrogen (secondary N) is 1. The van der Waals surface area contributed by atoms with Gasteiger partial charge in [-0.2, -0.15) is 13.2 Å². The fraction of sp³-hybridized carbons (Fsp3) is 0.583. The van der Waals surface area contributed by atoms with Crippen molar-refractivity contribution in [3.8, 4) is 0 Å². The van der Waals surface area contributed by atoms with E-state index in [4.69, 9.17) is 0 Å². The molecule has 0 spiro atoms. The van der Waals surface area contributed by atoms with Crippen LogP contribution in [0.5, 0.6) is 0 Å². The average Bonchev–Trinajstić information content (AvgIpc) is 2.32. The molecule has 0 bridgehead atoms. The maximum Gasteiger partial charge on any atom is 0.431 e. The second-order valence-corrected chi connectivity index (χ2v) is 4.57.